The predicted octanol–water partition coefficient (Wildman–Crippen LogP) is 0.714. The smallest absolute Gasteiger partial charge is 0.0248 e. The van der Waals surface area contributed by atoms with E-state index in [2.05, 4.69) is 29.9 Å². The molecule has 1 aromatic rings. The van der Waals surface area contributed by atoms with Crippen LogP contribution in [0, 0.1) is 6.92 Å². The Balaban J connectivity index is 2.46. The highest BCUT2D eigenvalue weighted by molar-refractivity contribution is 5.18. The number of likely N-dealkylation sites (N-methyl/N-ethyl adjacent to an activating group) is 1. The molecule has 0 atom stereocenters. The molecular weight excluding hydrogens is 150 g/mol. The second-order valence-corrected chi connectivity index (χ2v) is 3.15. The van der Waals surface area contributed by atoms with Gasteiger partial charge < -0.3 is 15.6 Å². The molecule has 0 saturated heterocycles. The van der Waals surface area contributed by atoms with Gasteiger partial charge in [0.2, 0.25) is 0 Å². The summed E-state index contributed by atoms with van der Waals surface area (Å²) in [6.07, 6.45) is 1.97. The fraction of sp³-hybridized carbons (Fsp3) is 0.556. The van der Waals surface area contributed by atoms with Crippen LogP contribution in [-0.2, 0) is 6.54 Å². The maximum atomic E-state index is 5.45. The van der Waals surface area contributed by atoms with Crippen LogP contribution in [0.3, 0.4) is 0 Å². The van der Waals surface area contributed by atoms with Crippen LogP contribution in [-0.4, -0.2) is 30.0 Å². The number of nitrogens with zero attached hydrogens (tertiary/aromatic N) is 1. The van der Waals surface area contributed by atoms with E-state index in [0.717, 1.165) is 19.6 Å². The van der Waals surface area contributed by atoms with Crippen LogP contribution in [0.4, 0.5) is 0 Å². The van der Waals surface area contributed by atoms with Crippen molar-refractivity contribution < 1.29 is 0 Å². The minimum atomic E-state index is 0.722. The maximum Gasteiger partial charge on any atom is 0.0248 e. The lowest BCUT2D eigenvalue weighted by molar-refractivity contribution is 0.336. The second kappa shape index (κ2) is 4.28. The first-order chi connectivity index (χ1) is 5.74. The Morgan fingerprint density at radius 3 is 2.83 bits per heavy atom. The molecule has 0 aliphatic heterocycles. The summed E-state index contributed by atoms with van der Waals surface area (Å²) < 4.78 is 0. The highest BCUT2D eigenvalue weighted by Crippen LogP contribution is 2.06. The fourth-order valence-corrected chi connectivity index (χ4v) is 1.25. The minimum absolute atomic E-state index is 0.722. The number of aryl methyl sites for hydroxylation is 1. The van der Waals surface area contributed by atoms with Gasteiger partial charge >= 0.3 is 0 Å². The molecule has 0 unspecified atom stereocenters. The number of hydrogen-bond acceptors (Lipinski definition) is 2. The van der Waals surface area contributed by atoms with Gasteiger partial charge in [0.05, 0.1) is 0 Å². The Kier molecular flexibility index (Phi) is 3.31. The Bertz CT molecular complexity index is 229. The fourth-order valence-electron chi connectivity index (χ4n) is 1.25. The van der Waals surface area contributed by atoms with Crippen LogP contribution in [0.5, 0.6) is 0 Å². The molecule has 0 saturated carbocycles. The molecule has 1 rings (SSSR count). The molecule has 0 fully saturated rings. The quantitative estimate of drug-likeness (QED) is 0.694. The molecule has 0 aromatic carbocycles. The first kappa shape index (κ1) is 9.29. The van der Waals surface area contributed by atoms with Crippen LogP contribution in [0.15, 0.2) is 12.3 Å². The van der Waals surface area contributed by atoms with Gasteiger partial charge in [0.15, 0.2) is 0 Å². The molecular formula is C9H17N3. The topological polar surface area (TPSA) is 45.0 Å². The van der Waals surface area contributed by atoms with E-state index in [1.807, 2.05) is 6.20 Å². The van der Waals surface area contributed by atoms with Crippen molar-refractivity contribution in [3.05, 3.63) is 23.5 Å². The second-order valence-electron chi connectivity index (χ2n) is 3.15. The number of hydrogen-bond donors (Lipinski definition) is 2. The van der Waals surface area contributed by atoms with Crippen molar-refractivity contribution in [1.82, 2.24) is 9.88 Å². The minimum Gasteiger partial charge on any atom is -0.365 e. The molecule has 0 radical (unpaired) electrons. The Morgan fingerprint density at radius 1 is 1.58 bits per heavy atom. The zero-order valence-corrected chi connectivity index (χ0v) is 7.80. The summed E-state index contributed by atoms with van der Waals surface area (Å²) >= 11 is 0. The van der Waals surface area contributed by atoms with Crippen LogP contribution < -0.4 is 5.73 Å². The largest absolute Gasteiger partial charge is 0.365 e. The van der Waals surface area contributed by atoms with Gasteiger partial charge in [0, 0.05) is 31.5 Å². The average Bonchev–Trinajstić information content (AvgIpc) is 2.37. The van der Waals surface area contributed by atoms with Crippen LogP contribution in [0.25, 0.3) is 0 Å². The summed E-state index contributed by atoms with van der Waals surface area (Å²) in [7, 11) is 2.08. The summed E-state index contributed by atoms with van der Waals surface area (Å²) in [4.78, 5) is 5.38. The molecule has 3 N–H and O–H groups in total. The molecule has 12 heavy (non-hydrogen) atoms. The number of aromatic nitrogens is 1. The third-order valence-electron chi connectivity index (χ3n) is 2.02. The molecule has 0 spiro atoms. The van der Waals surface area contributed by atoms with Gasteiger partial charge in [-0.2, -0.15) is 0 Å². The lowest BCUT2D eigenvalue weighted by atomic mass is 10.2. The highest BCUT2D eigenvalue weighted by Gasteiger charge is 2.01. The van der Waals surface area contributed by atoms with Crippen molar-refractivity contribution in [2.24, 2.45) is 5.73 Å². The molecule has 0 aliphatic rings. The summed E-state index contributed by atoms with van der Waals surface area (Å²) in [5.74, 6) is 0. The standard InChI is InChI=1S/C9H17N3/c1-8-9(3-5-11-8)7-12(2)6-4-10/h3,5,11H,4,6-7,10H2,1-2H3. The lowest BCUT2D eigenvalue weighted by Crippen LogP contribution is -2.25. The van der Waals surface area contributed by atoms with Crippen molar-refractivity contribution in [1.29, 1.82) is 0 Å². The summed E-state index contributed by atoms with van der Waals surface area (Å²) in [6, 6.07) is 2.11. The number of nitrogens with two attached hydrogens (primary N) is 1. The Labute approximate surface area is 73.6 Å². The van der Waals surface area contributed by atoms with Gasteiger partial charge in [0.25, 0.3) is 0 Å². The third kappa shape index (κ3) is 2.36. The monoisotopic (exact) mass is 167 g/mol. The molecule has 1 aromatic heterocycles. The normalized spacial score (nSPS) is 11.0. The number of nitrogens with one attached hydrogen (secondary N) is 1. The van der Waals surface area contributed by atoms with E-state index >= 15 is 0 Å². The van der Waals surface area contributed by atoms with E-state index in [-0.39, 0.29) is 0 Å². The van der Waals surface area contributed by atoms with Gasteiger partial charge in [-0.25, -0.2) is 0 Å². The Morgan fingerprint density at radius 2 is 2.33 bits per heavy atom. The molecule has 1 heterocycles. The lowest BCUT2D eigenvalue weighted by Gasteiger charge is -2.14. The van der Waals surface area contributed by atoms with Gasteiger partial charge in [-0.05, 0) is 25.6 Å². The molecule has 68 valence electrons. The van der Waals surface area contributed by atoms with Gasteiger partial charge in [-0.15, -0.1) is 0 Å². The number of H-pyrrole nitrogens is 1. The first-order valence-electron chi connectivity index (χ1n) is 4.25. The number of rotatable bonds is 4. The molecule has 3 heteroatoms. The van der Waals surface area contributed by atoms with Crippen LogP contribution >= 0.6 is 0 Å². The SMILES string of the molecule is Cc1[nH]ccc1CN(C)CCN. The zero-order valence-electron chi connectivity index (χ0n) is 7.80. The van der Waals surface area contributed by atoms with Gasteiger partial charge in [0.1, 0.15) is 0 Å². The van der Waals surface area contributed by atoms with Crippen LogP contribution in [0.2, 0.25) is 0 Å². The molecule has 0 aliphatic carbocycles. The molecule has 3 nitrogen and oxygen atoms in total. The van der Waals surface area contributed by atoms with E-state index in [0.29, 0.717) is 0 Å². The summed E-state index contributed by atoms with van der Waals surface area (Å²) in [5, 5.41) is 0. The van der Waals surface area contributed by atoms with Gasteiger partial charge in [-0.3, -0.25) is 0 Å². The van der Waals surface area contributed by atoms with E-state index in [1.54, 1.807) is 0 Å². The van der Waals surface area contributed by atoms with E-state index in [9.17, 15) is 0 Å². The molecule has 0 amide bonds. The van der Waals surface area contributed by atoms with E-state index < -0.39 is 0 Å². The van der Waals surface area contributed by atoms with Crippen LogP contribution in [0.1, 0.15) is 11.3 Å². The van der Waals surface area contributed by atoms with Crippen molar-refractivity contribution >= 4 is 0 Å². The molecule has 0 bridgehead atoms. The van der Waals surface area contributed by atoms with E-state index in [4.69, 9.17) is 5.73 Å². The highest BCUT2D eigenvalue weighted by atomic mass is 15.1. The third-order valence-corrected chi connectivity index (χ3v) is 2.02. The van der Waals surface area contributed by atoms with E-state index in [1.165, 1.54) is 11.3 Å². The maximum absolute atomic E-state index is 5.45. The van der Waals surface area contributed by atoms with Gasteiger partial charge in [-0.1, -0.05) is 0 Å². The van der Waals surface area contributed by atoms with Crippen molar-refractivity contribution in [3.63, 3.8) is 0 Å². The number of aromatic amines is 1. The Hall–Kier alpha value is -0.800. The predicted molar refractivity (Wildman–Crippen MR) is 50.9 cm³/mol. The first-order valence-corrected chi connectivity index (χ1v) is 4.25. The summed E-state index contributed by atoms with van der Waals surface area (Å²) in [6.45, 7) is 4.74. The van der Waals surface area contributed by atoms with Crippen molar-refractivity contribution in [3.8, 4) is 0 Å². The van der Waals surface area contributed by atoms with Crippen molar-refractivity contribution in [2.45, 2.75) is 13.5 Å². The summed E-state index contributed by atoms with van der Waals surface area (Å²) in [5.41, 5.74) is 8.05. The zero-order chi connectivity index (χ0) is 8.97. The average molecular weight is 167 g/mol. The van der Waals surface area contributed by atoms with Crippen molar-refractivity contribution in [2.75, 3.05) is 20.1 Å².